The van der Waals surface area contributed by atoms with Gasteiger partial charge in [0.15, 0.2) is 5.96 Å². The van der Waals surface area contributed by atoms with Gasteiger partial charge in [0.1, 0.15) is 12.2 Å². The van der Waals surface area contributed by atoms with E-state index in [0.717, 1.165) is 43.8 Å². The molecular weight excluding hydrogens is 302 g/mol. The van der Waals surface area contributed by atoms with Crippen LogP contribution in [0.15, 0.2) is 11.3 Å². The number of rotatable bonds is 8. The number of aliphatic imine (C=N–C) groups is 1. The minimum Gasteiger partial charge on any atom is -0.356 e. The molecule has 0 aliphatic carbocycles. The van der Waals surface area contributed by atoms with E-state index >= 15 is 0 Å². The third kappa shape index (κ3) is 5.78. The van der Waals surface area contributed by atoms with Gasteiger partial charge in [-0.05, 0) is 44.8 Å². The largest absolute Gasteiger partial charge is 0.356 e. The maximum absolute atomic E-state index is 4.30. The highest BCUT2D eigenvalue weighted by Crippen LogP contribution is 2.19. The number of piperidine rings is 1. The smallest absolute Gasteiger partial charge is 0.191 e. The second-order valence-corrected chi connectivity index (χ2v) is 6.39. The summed E-state index contributed by atoms with van der Waals surface area (Å²) in [4.78, 5) is 6.84. The predicted molar refractivity (Wildman–Crippen MR) is 98.2 cm³/mol. The SMILES string of the molecule is CCc1nncn1CCNC(=NC)NCCC1CCN(CC)CC1. The van der Waals surface area contributed by atoms with Gasteiger partial charge in [-0.3, -0.25) is 4.99 Å². The maximum atomic E-state index is 4.30. The van der Waals surface area contributed by atoms with Crippen LogP contribution in [-0.2, 0) is 13.0 Å². The van der Waals surface area contributed by atoms with E-state index in [1.54, 1.807) is 6.33 Å². The number of aromatic nitrogens is 3. The highest BCUT2D eigenvalue weighted by molar-refractivity contribution is 5.79. The lowest BCUT2D eigenvalue weighted by molar-refractivity contribution is 0.187. The Bertz CT molecular complexity index is 489. The van der Waals surface area contributed by atoms with E-state index in [4.69, 9.17) is 0 Å². The molecule has 0 amide bonds. The fourth-order valence-electron chi connectivity index (χ4n) is 3.24. The van der Waals surface area contributed by atoms with Crippen molar-refractivity contribution in [3.8, 4) is 0 Å². The highest BCUT2D eigenvalue weighted by atomic mass is 15.3. The molecule has 1 aromatic heterocycles. The van der Waals surface area contributed by atoms with Gasteiger partial charge in [0.25, 0.3) is 0 Å². The minimum atomic E-state index is 0.819. The third-order valence-electron chi connectivity index (χ3n) is 4.88. The molecule has 24 heavy (non-hydrogen) atoms. The predicted octanol–water partition coefficient (Wildman–Crippen LogP) is 1.13. The Morgan fingerprint density at radius 3 is 2.67 bits per heavy atom. The molecule has 0 saturated carbocycles. The number of nitrogens with zero attached hydrogens (tertiary/aromatic N) is 5. The zero-order valence-corrected chi connectivity index (χ0v) is 15.5. The van der Waals surface area contributed by atoms with E-state index in [9.17, 15) is 0 Å². The first-order chi connectivity index (χ1) is 11.8. The zero-order chi connectivity index (χ0) is 17.2. The van der Waals surface area contributed by atoms with Gasteiger partial charge in [-0.25, -0.2) is 0 Å². The molecule has 7 nitrogen and oxygen atoms in total. The number of hydrogen-bond donors (Lipinski definition) is 2. The Hall–Kier alpha value is -1.63. The van der Waals surface area contributed by atoms with Crippen LogP contribution in [0.3, 0.4) is 0 Å². The average Bonchev–Trinajstić information content (AvgIpc) is 3.08. The monoisotopic (exact) mass is 335 g/mol. The molecule has 0 spiro atoms. The lowest BCUT2D eigenvalue weighted by Crippen LogP contribution is -2.40. The molecule has 0 unspecified atom stereocenters. The van der Waals surface area contributed by atoms with Crippen LogP contribution in [0, 0.1) is 5.92 Å². The molecule has 136 valence electrons. The summed E-state index contributed by atoms with van der Waals surface area (Å²) in [6.07, 6.45) is 6.58. The normalized spacial score (nSPS) is 17.2. The van der Waals surface area contributed by atoms with Gasteiger partial charge in [0.05, 0.1) is 0 Å². The lowest BCUT2D eigenvalue weighted by atomic mass is 9.93. The standard InChI is InChI=1S/C17H33N7/c1-4-16-22-21-14-24(16)13-10-20-17(18-3)19-9-6-15-7-11-23(5-2)12-8-15/h14-15H,4-13H2,1-3H3,(H2,18,19,20). The van der Waals surface area contributed by atoms with Crippen molar-refractivity contribution >= 4 is 5.96 Å². The molecule has 1 saturated heterocycles. The van der Waals surface area contributed by atoms with Crippen LogP contribution in [0.5, 0.6) is 0 Å². The van der Waals surface area contributed by atoms with Gasteiger partial charge in [-0.15, -0.1) is 10.2 Å². The zero-order valence-electron chi connectivity index (χ0n) is 15.5. The van der Waals surface area contributed by atoms with Gasteiger partial charge in [0, 0.05) is 33.1 Å². The van der Waals surface area contributed by atoms with Crippen LogP contribution in [0.1, 0.15) is 38.9 Å². The Morgan fingerprint density at radius 2 is 2.00 bits per heavy atom. The van der Waals surface area contributed by atoms with E-state index in [-0.39, 0.29) is 0 Å². The van der Waals surface area contributed by atoms with E-state index in [1.165, 1.54) is 38.9 Å². The molecule has 0 radical (unpaired) electrons. The molecule has 1 aromatic rings. The first kappa shape index (κ1) is 18.7. The molecule has 1 fully saturated rings. The molecular formula is C17H33N7. The summed E-state index contributed by atoms with van der Waals surface area (Å²) < 4.78 is 2.09. The fraction of sp³-hybridized carbons (Fsp3) is 0.824. The van der Waals surface area contributed by atoms with Crippen molar-refractivity contribution < 1.29 is 0 Å². The summed E-state index contributed by atoms with van der Waals surface area (Å²) in [6, 6.07) is 0. The van der Waals surface area contributed by atoms with Crippen molar-refractivity contribution in [3.63, 3.8) is 0 Å². The summed E-state index contributed by atoms with van der Waals surface area (Å²) in [6.45, 7) is 10.7. The number of likely N-dealkylation sites (tertiary alicyclic amines) is 1. The van der Waals surface area contributed by atoms with Crippen molar-refractivity contribution in [1.82, 2.24) is 30.3 Å². The molecule has 0 aromatic carbocycles. The van der Waals surface area contributed by atoms with Gasteiger partial charge in [-0.1, -0.05) is 13.8 Å². The molecule has 0 bridgehead atoms. The molecule has 1 aliphatic rings. The summed E-state index contributed by atoms with van der Waals surface area (Å²) in [5.41, 5.74) is 0. The summed E-state index contributed by atoms with van der Waals surface area (Å²) >= 11 is 0. The van der Waals surface area contributed by atoms with Gasteiger partial charge in [0.2, 0.25) is 0 Å². The van der Waals surface area contributed by atoms with Crippen molar-refractivity contribution in [2.75, 3.05) is 39.8 Å². The van der Waals surface area contributed by atoms with E-state index in [1.807, 2.05) is 7.05 Å². The quantitative estimate of drug-likeness (QED) is 0.550. The topological polar surface area (TPSA) is 70.4 Å². The number of hydrogen-bond acceptors (Lipinski definition) is 4. The molecule has 2 rings (SSSR count). The summed E-state index contributed by atoms with van der Waals surface area (Å²) in [7, 11) is 1.82. The van der Waals surface area contributed by atoms with Crippen LogP contribution in [0.4, 0.5) is 0 Å². The van der Waals surface area contributed by atoms with Crippen LogP contribution >= 0.6 is 0 Å². The summed E-state index contributed by atoms with van der Waals surface area (Å²) in [5, 5.41) is 14.9. The van der Waals surface area contributed by atoms with E-state index in [0.29, 0.717) is 0 Å². The average molecular weight is 336 g/mol. The second kappa shape index (κ2) is 10.3. The van der Waals surface area contributed by atoms with Crippen molar-refractivity contribution in [2.45, 2.75) is 46.1 Å². The van der Waals surface area contributed by atoms with Crippen molar-refractivity contribution in [1.29, 1.82) is 0 Å². The minimum absolute atomic E-state index is 0.819. The second-order valence-electron chi connectivity index (χ2n) is 6.39. The number of aryl methyl sites for hydroxylation is 1. The van der Waals surface area contributed by atoms with Crippen LogP contribution in [0.25, 0.3) is 0 Å². The first-order valence-corrected chi connectivity index (χ1v) is 9.30. The fourth-order valence-corrected chi connectivity index (χ4v) is 3.24. The van der Waals surface area contributed by atoms with Crippen molar-refractivity contribution in [3.05, 3.63) is 12.2 Å². The molecule has 7 heteroatoms. The third-order valence-corrected chi connectivity index (χ3v) is 4.88. The number of guanidine groups is 1. The van der Waals surface area contributed by atoms with Gasteiger partial charge < -0.3 is 20.1 Å². The van der Waals surface area contributed by atoms with Crippen molar-refractivity contribution in [2.24, 2.45) is 10.9 Å². The molecule has 0 atom stereocenters. The Kier molecular flexibility index (Phi) is 8.01. The molecule has 1 aliphatic heterocycles. The Balaban J connectivity index is 1.61. The first-order valence-electron chi connectivity index (χ1n) is 9.30. The lowest BCUT2D eigenvalue weighted by Gasteiger charge is -2.31. The number of nitrogens with one attached hydrogen (secondary N) is 2. The highest BCUT2D eigenvalue weighted by Gasteiger charge is 2.17. The van der Waals surface area contributed by atoms with Gasteiger partial charge >= 0.3 is 0 Å². The molecule has 2 heterocycles. The van der Waals surface area contributed by atoms with E-state index < -0.39 is 0 Å². The Labute approximate surface area is 145 Å². The van der Waals surface area contributed by atoms with Crippen LogP contribution in [0.2, 0.25) is 0 Å². The van der Waals surface area contributed by atoms with Crippen LogP contribution in [-0.4, -0.2) is 65.4 Å². The van der Waals surface area contributed by atoms with E-state index in [2.05, 4.69) is 49.1 Å². The maximum Gasteiger partial charge on any atom is 0.191 e. The van der Waals surface area contributed by atoms with Gasteiger partial charge in [-0.2, -0.15) is 0 Å². The summed E-state index contributed by atoms with van der Waals surface area (Å²) in [5.74, 6) is 2.76. The Morgan fingerprint density at radius 1 is 1.25 bits per heavy atom. The van der Waals surface area contributed by atoms with Crippen LogP contribution < -0.4 is 10.6 Å². The molecule has 2 N–H and O–H groups in total.